The fourth-order valence-corrected chi connectivity index (χ4v) is 2.93. The summed E-state index contributed by atoms with van der Waals surface area (Å²) in [6.45, 7) is 3.39. The molecule has 5 heteroatoms. The maximum atomic E-state index is 12.3. The highest BCUT2D eigenvalue weighted by Gasteiger charge is 2.12. The molecule has 0 bridgehead atoms. The number of rotatable bonds is 9. The minimum Gasteiger partial charge on any atom is -0.352 e. The summed E-state index contributed by atoms with van der Waals surface area (Å²) in [5.74, 6) is -0.378. The van der Waals surface area contributed by atoms with Gasteiger partial charge in [-0.15, -0.1) is 0 Å². The minimum atomic E-state index is -0.224. The lowest BCUT2D eigenvalue weighted by Crippen LogP contribution is -2.27. The van der Waals surface area contributed by atoms with Crippen LogP contribution in [-0.4, -0.2) is 29.9 Å². The molecule has 0 saturated heterocycles. The standard InChI is InChI=1S/C20H29N3O2/c1-2-3-7-12-22-20(25)18-15-17(11-14-21-18)19(24)23-13-10-16-8-5-4-6-9-16/h8,11,14-15H,2-7,9-10,12-13H2,1H3,(H,22,25)(H,23,24). The van der Waals surface area contributed by atoms with Crippen LogP contribution in [0.5, 0.6) is 0 Å². The predicted molar refractivity (Wildman–Crippen MR) is 99.6 cm³/mol. The smallest absolute Gasteiger partial charge is 0.269 e. The highest BCUT2D eigenvalue weighted by molar-refractivity contribution is 5.98. The van der Waals surface area contributed by atoms with Gasteiger partial charge in [-0.3, -0.25) is 14.6 Å². The van der Waals surface area contributed by atoms with E-state index in [4.69, 9.17) is 0 Å². The Morgan fingerprint density at radius 2 is 1.96 bits per heavy atom. The van der Waals surface area contributed by atoms with Crippen molar-refractivity contribution in [3.8, 4) is 0 Å². The zero-order valence-electron chi connectivity index (χ0n) is 15.1. The van der Waals surface area contributed by atoms with Crippen molar-refractivity contribution in [2.24, 2.45) is 0 Å². The summed E-state index contributed by atoms with van der Waals surface area (Å²) in [5.41, 5.74) is 2.21. The third-order valence-corrected chi connectivity index (χ3v) is 4.44. The molecular formula is C20H29N3O2. The Hall–Kier alpha value is -2.17. The first kappa shape index (κ1) is 19.2. The summed E-state index contributed by atoms with van der Waals surface area (Å²) in [6, 6.07) is 3.20. The van der Waals surface area contributed by atoms with Gasteiger partial charge in [0, 0.05) is 24.8 Å². The quantitative estimate of drug-likeness (QED) is 0.531. The van der Waals surface area contributed by atoms with E-state index in [1.807, 2.05) is 0 Å². The van der Waals surface area contributed by atoms with E-state index in [9.17, 15) is 9.59 Å². The number of hydrogen-bond acceptors (Lipinski definition) is 3. The molecule has 0 spiro atoms. The van der Waals surface area contributed by atoms with Crippen molar-refractivity contribution in [1.29, 1.82) is 0 Å². The van der Waals surface area contributed by atoms with E-state index in [1.54, 1.807) is 12.1 Å². The zero-order chi connectivity index (χ0) is 17.9. The average molecular weight is 343 g/mol. The summed E-state index contributed by atoms with van der Waals surface area (Å²) >= 11 is 0. The van der Waals surface area contributed by atoms with Crippen LogP contribution in [0, 0.1) is 0 Å². The molecule has 2 N–H and O–H groups in total. The second-order valence-corrected chi connectivity index (χ2v) is 6.51. The molecular weight excluding hydrogens is 314 g/mol. The third-order valence-electron chi connectivity index (χ3n) is 4.44. The van der Waals surface area contributed by atoms with Gasteiger partial charge in [0.05, 0.1) is 0 Å². The lowest BCUT2D eigenvalue weighted by atomic mass is 9.97. The molecule has 136 valence electrons. The van der Waals surface area contributed by atoms with Gasteiger partial charge in [0.2, 0.25) is 0 Å². The first-order chi connectivity index (χ1) is 12.2. The Morgan fingerprint density at radius 1 is 1.12 bits per heavy atom. The second kappa shape index (κ2) is 10.6. The molecule has 25 heavy (non-hydrogen) atoms. The number of nitrogens with zero attached hydrogens (tertiary/aromatic N) is 1. The molecule has 2 amide bonds. The zero-order valence-corrected chi connectivity index (χ0v) is 15.1. The second-order valence-electron chi connectivity index (χ2n) is 6.51. The summed E-state index contributed by atoms with van der Waals surface area (Å²) in [6.07, 6.45) is 12.7. The van der Waals surface area contributed by atoms with Crippen molar-refractivity contribution < 1.29 is 9.59 Å². The number of allylic oxidation sites excluding steroid dienone is 1. The van der Waals surface area contributed by atoms with E-state index >= 15 is 0 Å². The SMILES string of the molecule is CCCCCNC(=O)c1cc(C(=O)NCCC2=CCCCC2)ccn1. The molecule has 0 aromatic carbocycles. The van der Waals surface area contributed by atoms with Gasteiger partial charge in [-0.05, 0) is 50.7 Å². The van der Waals surface area contributed by atoms with Crippen molar-refractivity contribution in [2.75, 3.05) is 13.1 Å². The van der Waals surface area contributed by atoms with Crippen molar-refractivity contribution in [1.82, 2.24) is 15.6 Å². The van der Waals surface area contributed by atoms with Gasteiger partial charge >= 0.3 is 0 Å². The van der Waals surface area contributed by atoms with Crippen LogP contribution in [0.2, 0.25) is 0 Å². The van der Waals surface area contributed by atoms with Gasteiger partial charge in [0.1, 0.15) is 5.69 Å². The molecule has 0 unspecified atom stereocenters. The number of pyridine rings is 1. The number of aromatic nitrogens is 1. The first-order valence-corrected chi connectivity index (χ1v) is 9.41. The lowest BCUT2D eigenvalue weighted by molar-refractivity contribution is 0.0948. The van der Waals surface area contributed by atoms with E-state index in [0.29, 0.717) is 24.3 Å². The number of unbranched alkanes of at least 4 members (excludes halogenated alkanes) is 2. The monoisotopic (exact) mass is 343 g/mol. The van der Waals surface area contributed by atoms with Gasteiger partial charge in [0.15, 0.2) is 0 Å². The molecule has 0 fully saturated rings. The molecule has 0 saturated carbocycles. The molecule has 0 aliphatic heterocycles. The highest BCUT2D eigenvalue weighted by Crippen LogP contribution is 2.19. The first-order valence-electron chi connectivity index (χ1n) is 9.41. The maximum absolute atomic E-state index is 12.3. The number of amides is 2. The van der Waals surface area contributed by atoms with Gasteiger partial charge in [0.25, 0.3) is 11.8 Å². The molecule has 0 atom stereocenters. The van der Waals surface area contributed by atoms with Crippen molar-refractivity contribution in [3.05, 3.63) is 41.2 Å². The largest absolute Gasteiger partial charge is 0.352 e. The van der Waals surface area contributed by atoms with E-state index < -0.39 is 0 Å². The Balaban J connectivity index is 1.81. The third kappa shape index (κ3) is 6.69. The van der Waals surface area contributed by atoms with Crippen LogP contribution in [0.25, 0.3) is 0 Å². The Kier molecular flexibility index (Phi) is 8.16. The summed E-state index contributed by atoms with van der Waals surface area (Å²) in [7, 11) is 0. The van der Waals surface area contributed by atoms with Gasteiger partial charge in [-0.25, -0.2) is 0 Å². The molecule has 1 heterocycles. The maximum Gasteiger partial charge on any atom is 0.269 e. The molecule has 1 aliphatic rings. The van der Waals surface area contributed by atoms with E-state index in [2.05, 4.69) is 28.6 Å². The molecule has 0 radical (unpaired) electrons. The fourth-order valence-electron chi connectivity index (χ4n) is 2.93. The minimum absolute atomic E-state index is 0.154. The Morgan fingerprint density at radius 3 is 2.72 bits per heavy atom. The van der Waals surface area contributed by atoms with Crippen molar-refractivity contribution in [2.45, 2.75) is 58.3 Å². The average Bonchev–Trinajstić information content (AvgIpc) is 2.66. The van der Waals surface area contributed by atoms with Crippen LogP contribution in [0.4, 0.5) is 0 Å². The molecule has 1 aliphatic carbocycles. The normalized spacial score (nSPS) is 13.9. The van der Waals surface area contributed by atoms with E-state index in [-0.39, 0.29) is 11.8 Å². The van der Waals surface area contributed by atoms with Gasteiger partial charge < -0.3 is 10.6 Å². The van der Waals surface area contributed by atoms with Crippen LogP contribution < -0.4 is 10.6 Å². The summed E-state index contributed by atoms with van der Waals surface area (Å²) in [5, 5.41) is 5.78. The van der Waals surface area contributed by atoms with Crippen molar-refractivity contribution in [3.63, 3.8) is 0 Å². The summed E-state index contributed by atoms with van der Waals surface area (Å²) in [4.78, 5) is 28.4. The van der Waals surface area contributed by atoms with Crippen LogP contribution in [0.1, 0.15) is 79.1 Å². The number of carbonyl (C=O) groups is 2. The van der Waals surface area contributed by atoms with Crippen LogP contribution in [0.15, 0.2) is 30.0 Å². The van der Waals surface area contributed by atoms with E-state index in [1.165, 1.54) is 24.6 Å². The Labute approximate surface area is 150 Å². The molecule has 1 aromatic heterocycles. The van der Waals surface area contributed by atoms with Gasteiger partial charge in [-0.2, -0.15) is 0 Å². The van der Waals surface area contributed by atoms with Crippen LogP contribution >= 0.6 is 0 Å². The summed E-state index contributed by atoms with van der Waals surface area (Å²) < 4.78 is 0. The van der Waals surface area contributed by atoms with Gasteiger partial charge in [-0.1, -0.05) is 31.4 Å². The highest BCUT2D eigenvalue weighted by atomic mass is 16.2. The molecule has 5 nitrogen and oxygen atoms in total. The number of nitrogens with one attached hydrogen (secondary N) is 2. The molecule has 2 rings (SSSR count). The topological polar surface area (TPSA) is 71.1 Å². The number of carbonyl (C=O) groups excluding carboxylic acids is 2. The van der Waals surface area contributed by atoms with Crippen molar-refractivity contribution >= 4 is 11.8 Å². The van der Waals surface area contributed by atoms with Crippen LogP contribution in [-0.2, 0) is 0 Å². The van der Waals surface area contributed by atoms with Crippen LogP contribution in [0.3, 0.4) is 0 Å². The number of hydrogen-bond donors (Lipinski definition) is 2. The fraction of sp³-hybridized carbons (Fsp3) is 0.550. The van der Waals surface area contributed by atoms with E-state index in [0.717, 1.165) is 38.5 Å². The Bertz CT molecular complexity index is 611. The molecule has 1 aromatic rings. The lowest BCUT2D eigenvalue weighted by Gasteiger charge is -2.13. The predicted octanol–water partition coefficient (Wildman–Crippen LogP) is 3.62.